The third-order valence-electron chi connectivity index (χ3n) is 3.21. The first-order chi connectivity index (χ1) is 9.74. The minimum Gasteiger partial charge on any atom is -0.381 e. The van der Waals surface area contributed by atoms with E-state index in [9.17, 15) is 4.79 Å². The van der Waals surface area contributed by atoms with Crippen LogP contribution in [0.4, 0.5) is 4.79 Å². The molecule has 0 aromatic heterocycles. The van der Waals surface area contributed by atoms with Crippen molar-refractivity contribution in [2.75, 3.05) is 26.3 Å². The van der Waals surface area contributed by atoms with E-state index in [1.54, 1.807) is 11.8 Å². The molecule has 2 atom stereocenters. The van der Waals surface area contributed by atoms with Crippen molar-refractivity contribution < 1.29 is 9.53 Å². The largest absolute Gasteiger partial charge is 0.381 e. The van der Waals surface area contributed by atoms with Crippen LogP contribution in [0.2, 0.25) is 0 Å². The Balaban J connectivity index is 1.60. The zero-order valence-electron chi connectivity index (χ0n) is 11.8. The number of rotatable bonds is 6. The normalized spacial score (nSPS) is 19.6. The van der Waals surface area contributed by atoms with Gasteiger partial charge < -0.3 is 15.4 Å². The molecule has 2 unspecified atom stereocenters. The van der Waals surface area contributed by atoms with Crippen molar-refractivity contribution in [3.8, 4) is 0 Å². The maximum atomic E-state index is 11.7. The average molecular weight is 294 g/mol. The highest BCUT2D eigenvalue weighted by molar-refractivity contribution is 8.00. The fourth-order valence-electron chi connectivity index (χ4n) is 2.05. The topological polar surface area (TPSA) is 50.4 Å². The molecule has 0 saturated carbocycles. The summed E-state index contributed by atoms with van der Waals surface area (Å²) in [4.78, 5) is 12.9. The first kappa shape index (κ1) is 15.2. The van der Waals surface area contributed by atoms with E-state index in [0.29, 0.717) is 24.3 Å². The standard InChI is InChI=1S/C15H22N2O2S/c1-12(20-14-5-3-2-4-6-14)9-16-15(18)17-10-13-7-8-19-11-13/h2-6,12-13H,7-11H2,1H3,(H2,16,17,18). The van der Waals surface area contributed by atoms with Crippen LogP contribution in [0.1, 0.15) is 13.3 Å². The van der Waals surface area contributed by atoms with E-state index in [4.69, 9.17) is 4.74 Å². The molecule has 1 aliphatic rings. The molecule has 2 rings (SSSR count). The second-order valence-electron chi connectivity index (χ2n) is 5.06. The number of hydrogen-bond acceptors (Lipinski definition) is 3. The lowest BCUT2D eigenvalue weighted by molar-refractivity contribution is 0.185. The molecular weight excluding hydrogens is 272 g/mol. The summed E-state index contributed by atoms with van der Waals surface area (Å²) in [6, 6.07) is 10.1. The van der Waals surface area contributed by atoms with Crippen LogP contribution in [0, 0.1) is 5.92 Å². The Bertz CT molecular complexity index is 408. The smallest absolute Gasteiger partial charge is 0.314 e. The molecule has 20 heavy (non-hydrogen) atoms. The third-order valence-corrected chi connectivity index (χ3v) is 4.32. The fourth-order valence-corrected chi connectivity index (χ4v) is 3.00. The molecule has 1 aliphatic heterocycles. The summed E-state index contributed by atoms with van der Waals surface area (Å²) in [6.07, 6.45) is 1.04. The molecule has 1 aromatic rings. The predicted octanol–water partition coefficient (Wildman–Crippen LogP) is 2.50. The van der Waals surface area contributed by atoms with Crippen molar-refractivity contribution in [1.29, 1.82) is 0 Å². The lowest BCUT2D eigenvalue weighted by Crippen LogP contribution is -2.40. The zero-order valence-corrected chi connectivity index (χ0v) is 12.6. The summed E-state index contributed by atoms with van der Waals surface area (Å²) in [5.74, 6) is 0.469. The van der Waals surface area contributed by atoms with Gasteiger partial charge in [-0.2, -0.15) is 0 Å². The quantitative estimate of drug-likeness (QED) is 0.793. The molecule has 5 heteroatoms. The lowest BCUT2D eigenvalue weighted by atomic mass is 10.1. The molecule has 2 N–H and O–H groups in total. The highest BCUT2D eigenvalue weighted by Gasteiger charge is 2.16. The van der Waals surface area contributed by atoms with Crippen molar-refractivity contribution >= 4 is 17.8 Å². The third kappa shape index (κ3) is 5.43. The molecule has 0 spiro atoms. The zero-order chi connectivity index (χ0) is 14.2. The van der Waals surface area contributed by atoms with E-state index in [0.717, 1.165) is 19.6 Å². The van der Waals surface area contributed by atoms with Gasteiger partial charge in [0.15, 0.2) is 0 Å². The van der Waals surface area contributed by atoms with Gasteiger partial charge in [0.2, 0.25) is 0 Å². The van der Waals surface area contributed by atoms with Crippen LogP contribution in [0.5, 0.6) is 0 Å². The van der Waals surface area contributed by atoms with Gasteiger partial charge in [-0.05, 0) is 18.6 Å². The Kier molecular flexibility index (Phi) is 6.21. The number of thioether (sulfide) groups is 1. The van der Waals surface area contributed by atoms with E-state index < -0.39 is 0 Å². The van der Waals surface area contributed by atoms with Crippen molar-refractivity contribution in [1.82, 2.24) is 10.6 Å². The first-order valence-electron chi connectivity index (χ1n) is 7.05. The molecule has 4 nitrogen and oxygen atoms in total. The van der Waals surface area contributed by atoms with Crippen LogP contribution in [0.15, 0.2) is 35.2 Å². The molecule has 1 saturated heterocycles. The summed E-state index contributed by atoms with van der Waals surface area (Å²) in [7, 11) is 0. The summed E-state index contributed by atoms with van der Waals surface area (Å²) in [5, 5.41) is 6.16. The van der Waals surface area contributed by atoms with E-state index >= 15 is 0 Å². The van der Waals surface area contributed by atoms with E-state index in [1.165, 1.54) is 4.90 Å². The van der Waals surface area contributed by atoms with E-state index in [2.05, 4.69) is 29.7 Å². The summed E-state index contributed by atoms with van der Waals surface area (Å²) in [6.45, 7) is 5.06. The van der Waals surface area contributed by atoms with Gasteiger partial charge >= 0.3 is 6.03 Å². The van der Waals surface area contributed by atoms with Crippen molar-refractivity contribution in [2.45, 2.75) is 23.5 Å². The summed E-state index contributed by atoms with van der Waals surface area (Å²) < 4.78 is 5.28. The van der Waals surface area contributed by atoms with Gasteiger partial charge in [-0.15, -0.1) is 11.8 Å². The average Bonchev–Trinajstić information content (AvgIpc) is 2.97. The maximum Gasteiger partial charge on any atom is 0.314 e. The molecule has 1 heterocycles. The number of carbonyl (C=O) groups excluding carboxylic acids is 1. The molecular formula is C15H22N2O2S. The van der Waals surface area contributed by atoms with Crippen LogP contribution in [-0.4, -0.2) is 37.6 Å². The van der Waals surface area contributed by atoms with Crippen molar-refractivity contribution in [3.63, 3.8) is 0 Å². The van der Waals surface area contributed by atoms with Crippen LogP contribution < -0.4 is 10.6 Å². The number of ether oxygens (including phenoxy) is 1. The molecule has 0 aliphatic carbocycles. The number of nitrogens with one attached hydrogen (secondary N) is 2. The van der Waals surface area contributed by atoms with Gasteiger partial charge in [-0.1, -0.05) is 25.1 Å². The Labute approximate surface area is 124 Å². The lowest BCUT2D eigenvalue weighted by Gasteiger charge is -2.14. The van der Waals surface area contributed by atoms with Gasteiger partial charge in [0.05, 0.1) is 6.61 Å². The first-order valence-corrected chi connectivity index (χ1v) is 7.93. The SMILES string of the molecule is CC(CNC(=O)NCC1CCOC1)Sc1ccccc1. The highest BCUT2D eigenvalue weighted by atomic mass is 32.2. The van der Waals surface area contributed by atoms with Gasteiger partial charge in [-0.3, -0.25) is 0 Å². The molecule has 1 aromatic carbocycles. The van der Waals surface area contributed by atoms with Gasteiger partial charge in [0, 0.05) is 35.8 Å². The van der Waals surface area contributed by atoms with Gasteiger partial charge in [0.25, 0.3) is 0 Å². The van der Waals surface area contributed by atoms with Gasteiger partial charge in [-0.25, -0.2) is 4.79 Å². The van der Waals surface area contributed by atoms with Crippen LogP contribution in [0.25, 0.3) is 0 Å². The van der Waals surface area contributed by atoms with Crippen LogP contribution in [-0.2, 0) is 4.74 Å². The molecule has 2 amide bonds. The number of hydrogen-bond donors (Lipinski definition) is 2. The summed E-state index contributed by atoms with van der Waals surface area (Å²) in [5.41, 5.74) is 0. The Hall–Kier alpha value is -1.20. The maximum absolute atomic E-state index is 11.7. The second kappa shape index (κ2) is 8.17. The van der Waals surface area contributed by atoms with Crippen molar-refractivity contribution in [3.05, 3.63) is 30.3 Å². The Morgan fingerprint density at radius 3 is 2.90 bits per heavy atom. The second-order valence-corrected chi connectivity index (χ2v) is 6.57. The minimum absolute atomic E-state index is 0.0857. The highest BCUT2D eigenvalue weighted by Crippen LogP contribution is 2.21. The van der Waals surface area contributed by atoms with Crippen LogP contribution in [0.3, 0.4) is 0 Å². The predicted molar refractivity (Wildman–Crippen MR) is 82.1 cm³/mol. The minimum atomic E-state index is -0.0857. The number of carbonyl (C=O) groups is 1. The monoisotopic (exact) mass is 294 g/mol. The van der Waals surface area contributed by atoms with Crippen LogP contribution >= 0.6 is 11.8 Å². The van der Waals surface area contributed by atoms with Crippen molar-refractivity contribution in [2.24, 2.45) is 5.92 Å². The number of urea groups is 1. The molecule has 0 radical (unpaired) electrons. The Morgan fingerprint density at radius 2 is 2.20 bits per heavy atom. The van der Waals surface area contributed by atoms with Gasteiger partial charge in [0.1, 0.15) is 0 Å². The van der Waals surface area contributed by atoms with E-state index in [-0.39, 0.29) is 6.03 Å². The molecule has 1 fully saturated rings. The Morgan fingerprint density at radius 1 is 1.40 bits per heavy atom. The van der Waals surface area contributed by atoms with E-state index in [1.807, 2.05) is 18.2 Å². The number of benzene rings is 1. The fraction of sp³-hybridized carbons (Fsp3) is 0.533. The molecule has 110 valence electrons. The molecule has 0 bridgehead atoms. The number of amides is 2. The summed E-state index contributed by atoms with van der Waals surface area (Å²) >= 11 is 1.77.